The van der Waals surface area contributed by atoms with E-state index in [0.717, 1.165) is 6.07 Å². The van der Waals surface area contributed by atoms with Crippen LogP contribution in [0.2, 0.25) is 10.0 Å². The highest BCUT2D eigenvalue weighted by molar-refractivity contribution is 14.1. The van der Waals surface area contributed by atoms with E-state index in [-0.39, 0.29) is 13.6 Å². The molecule has 0 heterocycles. The Bertz CT molecular complexity index is 335. The molecule has 0 spiro atoms. The van der Waals surface area contributed by atoms with Crippen LogP contribution in [-0.4, -0.2) is 0 Å². The van der Waals surface area contributed by atoms with Gasteiger partial charge in [0.15, 0.2) is 0 Å². The Balaban J connectivity index is 3.37. The summed E-state index contributed by atoms with van der Waals surface area (Å²) < 4.78 is 36.8. The zero-order valence-electron chi connectivity index (χ0n) is 5.92. The van der Waals surface area contributed by atoms with Crippen LogP contribution in [0, 0.1) is 3.57 Å². The number of halogens is 6. The monoisotopic (exact) mass is 340 g/mol. The van der Waals surface area contributed by atoms with E-state index < -0.39 is 11.7 Å². The fourth-order valence-corrected chi connectivity index (χ4v) is 1.87. The van der Waals surface area contributed by atoms with Crippen molar-refractivity contribution >= 4 is 45.8 Å². The summed E-state index contributed by atoms with van der Waals surface area (Å²) >= 11 is 12.5. The fraction of sp³-hybridized carbons (Fsp3) is 0.143. The van der Waals surface area contributed by atoms with Crippen molar-refractivity contribution in [1.29, 1.82) is 0 Å². The van der Waals surface area contributed by atoms with Crippen LogP contribution in [0.15, 0.2) is 12.1 Å². The molecule has 1 aromatic carbocycles. The summed E-state index contributed by atoms with van der Waals surface area (Å²) in [6.45, 7) is 0. The van der Waals surface area contributed by atoms with Crippen molar-refractivity contribution < 1.29 is 13.2 Å². The zero-order chi connectivity index (χ0) is 10.2. The molecule has 0 nitrogen and oxygen atoms in total. The Morgan fingerprint density at radius 3 is 2.15 bits per heavy atom. The van der Waals surface area contributed by atoms with E-state index in [1.54, 1.807) is 0 Å². The van der Waals surface area contributed by atoms with Gasteiger partial charge in [-0.2, -0.15) is 13.2 Å². The molecule has 0 saturated carbocycles. The molecule has 0 aliphatic rings. The Kier molecular flexibility index (Phi) is 3.35. The van der Waals surface area contributed by atoms with Gasteiger partial charge in [-0.15, -0.1) is 0 Å². The van der Waals surface area contributed by atoms with Gasteiger partial charge < -0.3 is 0 Å². The maximum atomic E-state index is 12.3. The minimum Gasteiger partial charge on any atom is -0.166 e. The highest BCUT2D eigenvalue weighted by Crippen LogP contribution is 2.37. The third-order valence-corrected chi connectivity index (χ3v) is 3.30. The molecule has 0 fully saturated rings. The van der Waals surface area contributed by atoms with Gasteiger partial charge in [-0.1, -0.05) is 23.2 Å². The summed E-state index contributed by atoms with van der Waals surface area (Å²) in [6, 6.07) is 2.13. The van der Waals surface area contributed by atoms with Crippen LogP contribution in [0.4, 0.5) is 13.2 Å². The molecule has 0 unspecified atom stereocenters. The fourth-order valence-electron chi connectivity index (χ4n) is 0.762. The van der Waals surface area contributed by atoms with Gasteiger partial charge in [0.2, 0.25) is 0 Å². The number of hydrogen-bond acceptors (Lipinski definition) is 0. The Hall–Kier alpha value is 0.320. The molecule has 0 radical (unpaired) electrons. The molecule has 0 aromatic heterocycles. The van der Waals surface area contributed by atoms with Crippen LogP contribution < -0.4 is 0 Å². The van der Waals surface area contributed by atoms with E-state index in [1.165, 1.54) is 28.7 Å². The smallest absolute Gasteiger partial charge is 0.166 e. The highest BCUT2D eigenvalue weighted by Gasteiger charge is 2.34. The molecule has 72 valence electrons. The summed E-state index contributed by atoms with van der Waals surface area (Å²) in [6.07, 6.45) is -4.41. The van der Waals surface area contributed by atoms with Crippen LogP contribution in [0.1, 0.15) is 5.56 Å². The molecule has 0 aliphatic heterocycles. The van der Waals surface area contributed by atoms with E-state index in [0.29, 0.717) is 0 Å². The van der Waals surface area contributed by atoms with E-state index in [9.17, 15) is 13.2 Å². The molecule has 6 heteroatoms. The number of alkyl halides is 3. The lowest BCUT2D eigenvalue weighted by atomic mass is 10.2. The van der Waals surface area contributed by atoms with E-state index >= 15 is 0 Å². The maximum Gasteiger partial charge on any atom is 0.417 e. The summed E-state index contributed by atoms with van der Waals surface area (Å²) in [5.41, 5.74) is -0.800. The molecule has 0 atom stereocenters. The minimum absolute atomic E-state index is 0.0143. The van der Waals surface area contributed by atoms with Gasteiger partial charge >= 0.3 is 6.18 Å². The lowest BCUT2D eigenvalue weighted by Crippen LogP contribution is -2.07. The van der Waals surface area contributed by atoms with Crippen molar-refractivity contribution in [2.75, 3.05) is 0 Å². The molecule has 0 saturated heterocycles. The molecule has 0 N–H and O–H groups in total. The third-order valence-electron chi connectivity index (χ3n) is 1.30. The quantitative estimate of drug-likeness (QED) is 0.477. The lowest BCUT2D eigenvalue weighted by Gasteiger charge is -2.10. The molecular weight excluding hydrogens is 339 g/mol. The number of hydrogen-bond donors (Lipinski definition) is 0. The third kappa shape index (κ3) is 2.63. The van der Waals surface area contributed by atoms with Gasteiger partial charge in [0.25, 0.3) is 0 Å². The molecule has 13 heavy (non-hydrogen) atoms. The molecule has 0 amide bonds. The topological polar surface area (TPSA) is 0 Å². The summed E-state index contributed by atoms with van der Waals surface area (Å²) in [7, 11) is 0. The second-order valence-electron chi connectivity index (χ2n) is 2.25. The van der Waals surface area contributed by atoms with Gasteiger partial charge in [-0.25, -0.2) is 0 Å². The summed E-state index contributed by atoms with van der Waals surface area (Å²) in [5.74, 6) is 0. The Morgan fingerprint density at radius 2 is 1.69 bits per heavy atom. The average molecular weight is 341 g/mol. The first-order valence-electron chi connectivity index (χ1n) is 3.04. The van der Waals surface area contributed by atoms with E-state index in [2.05, 4.69) is 0 Å². The van der Waals surface area contributed by atoms with Crippen molar-refractivity contribution in [1.82, 2.24) is 0 Å². The summed E-state index contributed by atoms with van der Waals surface area (Å²) in [5, 5.41) is -0.00170. The second-order valence-corrected chi connectivity index (χ2v) is 4.17. The highest BCUT2D eigenvalue weighted by atomic mass is 127. The van der Waals surface area contributed by atoms with Crippen molar-refractivity contribution in [2.24, 2.45) is 0 Å². The molecule has 1 rings (SSSR count). The van der Waals surface area contributed by atoms with E-state index in [4.69, 9.17) is 23.2 Å². The van der Waals surface area contributed by atoms with Crippen LogP contribution >= 0.6 is 45.8 Å². The maximum absolute atomic E-state index is 12.3. The van der Waals surface area contributed by atoms with Crippen molar-refractivity contribution in [3.8, 4) is 0 Å². The zero-order valence-corrected chi connectivity index (χ0v) is 9.59. The number of rotatable bonds is 0. The SMILES string of the molecule is FC(F)(F)c1cc(Cl)cc(Cl)c1I. The predicted molar refractivity (Wildman–Crippen MR) is 54.2 cm³/mol. The standard InChI is InChI=1S/C7H2Cl2F3I/c8-3-1-4(7(10,11)12)6(13)5(9)2-3/h1-2H. The molecule has 0 bridgehead atoms. The van der Waals surface area contributed by atoms with Crippen LogP contribution in [0.25, 0.3) is 0 Å². The first-order chi connectivity index (χ1) is 5.82. The van der Waals surface area contributed by atoms with Crippen LogP contribution in [-0.2, 0) is 6.18 Å². The van der Waals surface area contributed by atoms with Crippen molar-refractivity contribution in [3.05, 3.63) is 31.3 Å². The Morgan fingerprint density at radius 1 is 1.15 bits per heavy atom. The molecular formula is C7H2Cl2F3I. The first-order valence-corrected chi connectivity index (χ1v) is 4.87. The van der Waals surface area contributed by atoms with Crippen LogP contribution in [0.3, 0.4) is 0 Å². The first kappa shape index (κ1) is 11.4. The molecule has 1 aromatic rings. The largest absolute Gasteiger partial charge is 0.417 e. The Labute approximate surface area is 96.2 Å². The number of benzene rings is 1. The average Bonchev–Trinajstić information content (AvgIpc) is 1.94. The van der Waals surface area contributed by atoms with Crippen LogP contribution in [0.5, 0.6) is 0 Å². The lowest BCUT2D eigenvalue weighted by molar-refractivity contribution is -0.138. The van der Waals surface area contributed by atoms with Crippen molar-refractivity contribution in [3.63, 3.8) is 0 Å². The molecule has 0 aliphatic carbocycles. The van der Waals surface area contributed by atoms with Crippen molar-refractivity contribution in [2.45, 2.75) is 6.18 Å². The predicted octanol–water partition coefficient (Wildman–Crippen LogP) is 4.62. The van der Waals surface area contributed by atoms with Gasteiger partial charge in [0.05, 0.1) is 10.6 Å². The summed E-state index contributed by atoms with van der Waals surface area (Å²) in [4.78, 5) is 0. The second kappa shape index (κ2) is 3.82. The van der Waals surface area contributed by atoms with Gasteiger partial charge in [0, 0.05) is 8.59 Å². The van der Waals surface area contributed by atoms with Gasteiger partial charge in [0.1, 0.15) is 0 Å². The van der Waals surface area contributed by atoms with E-state index in [1.807, 2.05) is 0 Å². The van der Waals surface area contributed by atoms with Gasteiger partial charge in [-0.05, 0) is 34.7 Å². The normalized spacial score (nSPS) is 11.8. The van der Waals surface area contributed by atoms with Gasteiger partial charge in [-0.3, -0.25) is 0 Å². The minimum atomic E-state index is -4.41.